The van der Waals surface area contributed by atoms with E-state index in [0.29, 0.717) is 17.7 Å². The second-order valence-corrected chi connectivity index (χ2v) is 4.86. The van der Waals surface area contributed by atoms with Crippen molar-refractivity contribution in [3.63, 3.8) is 0 Å². The molecule has 0 radical (unpaired) electrons. The van der Waals surface area contributed by atoms with Gasteiger partial charge < -0.3 is 4.74 Å². The number of ether oxygens (including phenoxy) is 1. The van der Waals surface area contributed by atoms with Gasteiger partial charge in [-0.3, -0.25) is 0 Å². The number of hydrogen-bond donors (Lipinski definition) is 0. The summed E-state index contributed by atoms with van der Waals surface area (Å²) in [6.45, 7) is 6.75. The molecule has 1 atom stereocenters. The Morgan fingerprint density at radius 2 is 2.06 bits per heavy atom. The molecule has 0 amide bonds. The van der Waals surface area contributed by atoms with Gasteiger partial charge in [-0.15, -0.1) is 0 Å². The van der Waals surface area contributed by atoms with Crippen LogP contribution in [0.3, 0.4) is 0 Å². The molecule has 0 N–H and O–H groups in total. The van der Waals surface area contributed by atoms with Crippen LogP contribution in [0, 0.1) is 12.8 Å². The summed E-state index contributed by atoms with van der Waals surface area (Å²) >= 11 is 6.20. The van der Waals surface area contributed by atoms with Crippen molar-refractivity contribution < 1.29 is 4.74 Å². The highest BCUT2D eigenvalue weighted by Gasteiger charge is 2.35. The SMILES string of the molecule is CCOC(c1nc(C)c(CC)c(Cl)n1)C1CC1. The Morgan fingerprint density at radius 1 is 1.35 bits per heavy atom. The summed E-state index contributed by atoms with van der Waals surface area (Å²) < 4.78 is 5.75. The first-order valence-corrected chi connectivity index (χ1v) is 6.69. The van der Waals surface area contributed by atoms with Crippen molar-refractivity contribution >= 4 is 11.6 Å². The van der Waals surface area contributed by atoms with Gasteiger partial charge in [-0.05, 0) is 39.0 Å². The lowest BCUT2D eigenvalue weighted by Crippen LogP contribution is -2.13. The Bertz CT molecular complexity index is 381. The van der Waals surface area contributed by atoms with E-state index in [4.69, 9.17) is 16.3 Å². The number of halogens is 1. The lowest BCUT2D eigenvalue weighted by atomic mass is 10.1. The molecule has 1 aliphatic carbocycles. The fourth-order valence-corrected chi connectivity index (χ4v) is 2.47. The lowest BCUT2D eigenvalue weighted by molar-refractivity contribution is 0.0399. The van der Waals surface area contributed by atoms with Crippen molar-refractivity contribution in [2.75, 3.05) is 6.61 Å². The Morgan fingerprint density at radius 3 is 2.53 bits per heavy atom. The molecule has 94 valence electrons. The molecular weight excluding hydrogens is 236 g/mol. The van der Waals surface area contributed by atoms with Gasteiger partial charge in [0.1, 0.15) is 11.3 Å². The average molecular weight is 255 g/mol. The van der Waals surface area contributed by atoms with Crippen molar-refractivity contribution in [2.24, 2.45) is 5.92 Å². The maximum absolute atomic E-state index is 6.20. The highest BCUT2D eigenvalue weighted by molar-refractivity contribution is 6.30. The van der Waals surface area contributed by atoms with Crippen molar-refractivity contribution in [3.05, 3.63) is 22.2 Å². The minimum absolute atomic E-state index is 0.0297. The molecule has 0 saturated heterocycles. The molecule has 0 spiro atoms. The Balaban J connectivity index is 2.30. The number of aromatic nitrogens is 2. The second kappa shape index (κ2) is 5.32. The average Bonchev–Trinajstić information content (AvgIpc) is 3.09. The molecule has 1 saturated carbocycles. The zero-order valence-electron chi connectivity index (χ0n) is 10.7. The van der Waals surface area contributed by atoms with Crippen LogP contribution in [0.1, 0.15) is 49.9 Å². The van der Waals surface area contributed by atoms with E-state index in [0.717, 1.165) is 23.5 Å². The minimum Gasteiger partial charge on any atom is -0.370 e. The van der Waals surface area contributed by atoms with Gasteiger partial charge in [0.2, 0.25) is 0 Å². The van der Waals surface area contributed by atoms with E-state index >= 15 is 0 Å². The topological polar surface area (TPSA) is 35.0 Å². The molecule has 0 aliphatic heterocycles. The molecule has 1 aliphatic rings. The van der Waals surface area contributed by atoms with Crippen LogP contribution >= 0.6 is 11.6 Å². The molecule has 1 heterocycles. The number of hydrogen-bond acceptors (Lipinski definition) is 3. The summed E-state index contributed by atoms with van der Waals surface area (Å²) in [5.74, 6) is 1.34. The van der Waals surface area contributed by atoms with Crippen molar-refractivity contribution in [1.82, 2.24) is 9.97 Å². The normalized spacial score (nSPS) is 17.2. The first-order valence-electron chi connectivity index (χ1n) is 6.31. The van der Waals surface area contributed by atoms with E-state index in [-0.39, 0.29) is 6.10 Å². The molecule has 1 aromatic rings. The zero-order chi connectivity index (χ0) is 12.4. The second-order valence-electron chi connectivity index (χ2n) is 4.50. The van der Waals surface area contributed by atoms with E-state index in [2.05, 4.69) is 16.9 Å². The Hall–Kier alpha value is -0.670. The van der Waals surface area contributed by atoms with Gasteiger partial charge in [0, 0.05) is 17.9 Å². The number of rotatable bonds is 5. The number of aryl methyl sites for hydroxylation is 1. The molecule has 0 bridgehead atoms. The molecule has 1 fully saturated rings. The van der Waals surface area contributed by atoms with Crippen LogP contribution in [0.5, 0.6) is 0 Å². The highest BCUT2D eigenvalue weighted by Crippen LogP contribution is 2.42. The minimum atomic E-state index is 0.0297. The predicted octanol–water partition coefficient (Wildman–Crippen LogP) is 3.49. The highest BCUT2D eigenvalue weighted by atomic mass is 35.5. The molecule has 17 heavy (non-hydrogen) atoms. The van der Waals surface area contributed by atoms with Crippen LogP contribution in [0.4, 0.5) is 0 Å². The zero-order valence-corrected chi connectivity index (χ0v) is 11.4. The van der Waals surface area contributed by atoms with E-state index in [1.54, 1.807) is 0 Å². The van der Waals surface area contributed by atoms with Gasteiger partial charge in [-0.1, -0.05) is 18.5 Å². The van der Waals surface area contributed by atoms with E-state index in [9.17, 15) is 0 Å². The first-order chi connectivity index (χ1) is 8.17. The van der Waals surface area contributed by atoms with Gasteiger partial charge in [-0.25, -0.2) is 9.97 Å². The van der Waals surface area contributed by atoms with E-state index < -0.39 is 0 Å². The van der Waals surface area contributed by atoms with Gasteiger partial charge >= 0.3 is 0 Å². The maximum atomic E-state index is 6.20. The number of nitrogens with zero attached hydrogens (tertiary/aromatic N) is 2. The van der Waals surface area contributed by atoms with Crippen LogP contribution in [-0.2, 0) is 11.2 Å². The fourth-order valence-electron chi connectivity index (χ4n) is 2.11. The van der Waals surface area contributed by atoms with Crippen LogP contribution < -0.4 is 0 Å². The molecule has 1 aromatic heterocycles. The third-order valence-electron chi connectivity index (χ3n) is 3.19. The summed E-state index contributed by atoms with van der Waals surface area (Å²) in [7, 11) is 0. The molecular formula is C13H19ClN2O. The van der Waals surface area contributed by atoms with Gasteiger partial charge in [0.05, 0.1) is 0 Å². The van der Waals surface area contributed by atoms with Gasteiger partial charge in [0.25, 0.3) is 0 Å². The summed E-state index contributed by atoms with van der Waals surface area (Å²) in [6.07, 6.45) is 3.32. The summed E-state index contributed by atoms with van der Waals surface area (Å²) in [5.41, 5.74) is 2.02. The van der Waals surface area contributed by atoms with Gasteiger partial charge in [0.15, 0.2) is 5.82 Å². The van der Waals surface area contributed by atoms with Crippen LogP contribution in [0.15, 0.2) is 0 Å². The van der Waals surface area contributed by atoms with Crippen LogP contribution in [0.2, 0.25) is 5.15 Å². The summed E-state index contributed by atoms with van der Waals surface area (Å²) in [6, 6.07) is 0. The summed E-state index contributed by atoms with van der Waals surface area (Å²) in [4.78, 5) is 8.98. The van der Waals surface area contributed by atoms with Crippen LogP contribution in [-0.4, -0.2) is 16.6 Å². The standard InChI is InChI=1S/C13H19ClN2O/c1-4-10-8(3)15-13(16-12(10)14)11(17-5-2)9-6-7-9/h9,11H,4-7H2,1-3H3. The lowest BCUT2D eigenvalue weighted by Gasteiger charge is -2.16. The smallest absolute Gasteiger partial charge is 0.159 e. The van der Waals surface area contributed by atoms with Crippen molar-refractivity contribution in [2.45, 2.75) is 46.1 Å². The molecule has 0 aromatic carbocycles. The third-order valence-corrected chi connectivity index (χ3v) is 3.50. The van der Waals surface area contributed by atoms with E-state index in [1.165, 1.54) is 12.8 Å². The monoisotopic (exact) mass is 254 g/mol. The molecule has 4 heteroatoms. The Labute approximate surface area is 108 Å². The first kappa shape index (κ1) is 12.8. The third kappa shape index (κ3) is 2.78. The quantitative estimate of drug-likeness (QED) is 0.755. The van der Waals surface area contributed by atoms with Crippen molar-refractivity contribution in [1.29, 1.82) is 0 Å². The molecule has 3 nitrogen and oxygen atoms in total. The fraction of sp³-hybridized carbons (Fsp3) is 0.692. The largest absolute Gasteiger partial charge is 0.370 e. The van der Waals surface area contributed by atoms with Crippen LogP contribution in [0.25, 0.3) is 0 Å². The predicted molar refractivity (Wildman–Crippen MR) is 68.2 cm³/mol. The summed E-state index contributed by atoms with van der Waals surface area (Å²) in [5, 5.41) is 0.584. The van der Waals surface area contributed by atoms with E-state index in [1.807, 2.05) is 13.8 Å². The van der Waals surface area contributed by atoms with Crippen molar-refractivity contribution in [3.8, 4) is 0 Å². The molecule has 1 unspecified atom stereocenters. The maximum Gasteiger partial charge on any atom is 0.159 e. The Kier molecular flexibility index (Phi) is 4.00. The molecule has 2 rings (SSSR count). The van der Waals surface area contributed by atoms with Gasteiger partial charge in [-0.2, -0.15) is 0 Å².